The third kappa shape index (κ3) is 5.46. The normalized spacial score (nSPS) is 16.6. The van der Waals surface area contributed by atoms with Crippen molar-refractivity contribution in [2.24, 2.45) is 0 Å². The Kier molecular flexibility index (Phi) is 5.68. The lowest BCUT2D eigenvalue weighted by molar-refractivity contribution is 0.0382. The van der Waals surface area contributed by atoms with Crippen LogP contribution in [-0.4, -0.2) is 23.8 Å². The van der Waals surface area contributed by atoms with Crippen molar-refractivity contribution < 1.29 is 13.9 Å². The van der Waals surface area contributed by atoms with E-state index in [1.807, 2.05) is 20.8 Å². The van der Waals surface area contributed by atoms with Gasteiger partial charge in [0.25, 0.3) is 0 Å². The molecule has 1 fully saturated rings. The minimum absolute atomic E-state index is 0.237. The van der Waals surface area contributed by atoms with Gasteiger partial charge in [-0.15, -0.1) is 0 Å². The standard InChI is InChI=1S/C17H24BrFN2O2/c1-16(2,3)23-15(22)21-17(7-4-8-17)11-20-10-12-5-6-14(19)13(18)9-12/h5-6,9,20H,4,7-8,10-11H2,1-3H3,(H,21,22). The van der Waals surface area contributed by atoms with Crippen LogP contribution in [0.2, 0.25) is 0 Å². The highest BCUT2D eigenvalue weighted by molar-refractivity contribution is 9.10. The van der Waals surface area contributed by atoms with E-state index in [-0.39, 0.29) is 17.4 Å². The second-order valence-electron chi connectivity index (χ2n) is 7.11. The summed E-state index contributed by atoms with van der Waals surface area (Å²) >= 11 is 3.19. The van der Waals surface area contributed by atoms with Gasteiger partial charge in [0, 0.05) is 13.1 Å². The SMILES string of the molecule is CC(C)(C)OC(=O)NC1(CNCc2ccc(F)c(Br)c2)CCC1. The number of carbonyl (C=O) groups excluding carboxylic acids is 1. The lowest BCUT2D eigenvalue weighted by Crippen LogP contribution is -2.59. The zero-order valence-corrected chi connectivity index (χ0v) is 15.4. The van der Waals surface area contributed by atoms with E-state index >= 15 is 0 Å². The topological polar surface area (TPSA) is 50.4 Å². The average molecular weight is 387 g/mol. The van der Waals surface area contributed by atoms with Gasteiger partial charge in [0.2, 0.25) is 0 Å². The molecule has 0 aromatic heterocycles. The second kappa shape index (κ2) is 7.18. The molecule has 23 heavy (non-hydrogen) atoms. The number of amides is 1. The molecule has 0 atom stereocenters. The van der Waals surface area contributed by atoms with Crippen molar-refractivity contribution in [3.63, 3.8) is 0 Å². The maximum atomic E-state index is 13.2. The molecule has 0 unspecified atom stereocenters. The number of halogens is 2. The summed E-state index contributed by atoms with van der Waals surface area (Å²) in [5.74, 6) is -0.268. The van der Waals surface area contributed by atoms with Crippen molar-refractivity contribution >= 4 is 22.0 Å². The van der Waals surface area contributed by atoms with Crippen LogP contribution >= 0.6 is 15.9 Å². The van der Waals surface area contributed by atoms with Gasteiger partial charge in [0.15, 0.2) is 0 Å². The van der Waals surface area contributed by atoms with Crippen LogP contribution in [0.1, 0.15) is 45.6 Å². The molecule has 0 radical (unpaired) electrons. The molecule has 4 nitrogen and oxygen atoms in total. The molecule has 1 amide bonds. The number of rotatable bonds is 5. The molecule has 1 saturated carbocycles. The first-order valence-electron chi connectivity index (χ1n) is 7.85. The summed E-state index contributed by atoms with van der Waals surface area (Å²) in [4.78, 5) is 12.0. The quantitative estimate of drug-likeness (QED) is 0.799. The summed E-state index contributed by atoms with van der Waals surface area (Å²) in [6, 6.07) is 4.96. The first-order valence-corrected chi connectivity index (χ1v) is 8.64. The van der Waals surface area contributed by atoms with Gasteiger partial charge in [-0.1, -0.05) is 6.07 Å². The second-order valence-corrected chi connectivity index (χ2v) is 7.97. The Morgan fingerprint density at radius 1 is 1.39 bits per heavy atom. The van der Waals surface area contributed by atoms with E-state index in [4.69, 9.17) is 4.74 Å². The molecule has 0 saturated heterocycles. The summed E-state index contributed by atoms with van der Waals surface area (Å²) in [5.41, 5.74) is 0.257. The Hall–Kier alpha value is -1.14. The fourth-order valence-corrected chi connectivity index (χ4v) is 2.99. The van der Waals surface area contributed by atoms with E-state index in [0.717, 1.165) is 24.8 Å². The molecule has 128 valence electrons. The number of hydrogen-bond acceptors (Lipinski definition) is 3. The van der Waals surface area contributed by atoms with Crippen molar-refractivity contribution in [1.29, 1.82) is 0 Å². The predicted octanol–water partition coefficient (Wildman–Crippen LogP) is 4.13. The Bertz CT molecular complexity index is 568. The zero-order valence-electron chi connectivity index (χ0n) is 13.8. The van der Waals surface area contributed by atoms with Crippen LogP contribution in [0.3, 0.4) is 0 Å². The van der Waals surface area contributed by atoms with Gasteiger partial charge in [0.1, 0.15) is 11.4 Å². The zero-order chi connectivity index (χ0) is 17.1. The van der Waals surface area contributed by atoms with Crippen LogP contribution in [-0.2, 0) is 11.3 Å². The van der Waals surface area contributed by atoms with E-state index in [1.54, 1.807) is 12.1 Å². The minimum Gasteiger partial charge on any atom is -0.444 e. The predicted molar refractivity (Wildman–Crippen MR) is 91.8 cm³/mol. The van der Waals surface area contributed by atoms with Crippen molar-refractivity contribution in [3.05, 3.63) is 34.1 Å². The van der Waals surface area contributed by atoms with E-state index < -0.39 is 5.60 Å². The highest BCUT2D eigenvalue weighted by Crippen LogP contribution is 2.31. The van der Waals surface area contributed by atoms with Gasteiger partial charge in [-0.25, -0.2) is 9.18 Å². The van der Waals surface area contributed by atoms with Crippen LogP contribution in [0.25, 0.3) is 0 Å². The smallest absolute Gasteiger partial charge is 0.408 e. The molecule has 0 bridgehead atoms. The maximum absolute atomic E-state index is 13.2. The van der Waals surface area contributed by atoms with Crippen molar-refractivity contribution in [3.8, 4) is 0 Å². The monoisotopic (exact) mass is 386 g/mol. The van der Waals surface area contributed by atoms with Crippen molar-refractivity contribution in [1.82, 2.24) is 10.6 Å². The molecule has 0 heterocycles. The summed E-state index contributed by atoms with van der Waals surface area (Å²) in [6.07, 6.45) is 2.60. The maximum Gasteiger partial charge on any atom is 0.408 e. The molecule has 6 heteroatoms. The van der Waals surface area contributed by atoms with Gasteiger partial charge >= 0.3 is 6.09 Å². The van der Waals surface area contributed by atoms with Gasteiger partial charge in [-0.2, -0.15) is 0 Å². The largest absolute Gasteiger partial charge is 0.444 e. The highest BCUT2D eigenvalue weighted by Gasteiger charge is 2.39. The number of alkyl carbamates (subject to hydrolysis) is 1. The average Bonchev–Trinajstić information content (AvgIpc) is 2.37. The van der Waals surface area contributed by atoms with Crippen LogP contribution in [0.4, 0.5) is 9.18 Å². The van der Waals surface area contributed by atoms with Crippen LogP contribution in [0, 0.1) is 5.82 Å². The third-order valence-electron chi connectivity index (χ3n) is 3.85. The van der Waals surface area contributed by atoms with Crippen molar-refractivity contribution in [2.75, 3.05) is 6.54 Å². The van der Waals surface area contributed by atoms with Crippen LogP contribution < -0.4 is 10.6 Å². The molecule has 1 aromatic carbocycles. The van der Waals surface area contributed by atoms with E-state index in [0.29, 0.717) is 17.6 Å². The van der Waals surface area contributed by atoms with Gasteiger partial charge in [-0.05, 0) is 73.7 Å². The fourth-order valence-electron chi connectivity index (χ4n) is 2.57. The molecule has 1 aromatic rings. The van der Waals surface area contributed by atoms with Gasteiger partial charge < -0.3 is 15.4 Å². The van der Waals surface area contributed by atoms with Gasteiger partial charge in [-0.3, -0.25) is 0 Å². The number of nitrogens with one attached hydrogen (secondary N) is 2. The van der Waals surface area contributed by atoms with E-state index in [9.17, 15) is 9.18 Å². The number of carbonyl (C=O) groups is 1. The Balaban J connectivity index is 1.84. The Labute approximate surface area is 145 Å². The molecule has 0 aliphatic heterocycles. The summed E-state index contributed by atoms with van der Waals surface area (Å²) in [7, 11) is 0. The molecule has 0 spiro atoms. The molecular formula is C17H24BrFN2O2. The summed E-state index contributed by atoms with van der Waals surface area (Å²) in [6.45, 7) is 6.85. The highest BCUT2D eigenvalue weighted by atomic mass is 79.9. The van der Waals surface area contributed by atoms with E-state index in [1.165, 1.54) is 6.07 Å². The van der Waals surface area contributed by atoms with Crippen LogP contribution in [0.15, 0.2) is 22.7 Å². The Morgan fingerprint density at radius 2 is 2.09 bits per heavy atom. The number of benzene rings is 1. The van der Waals surface area contributed by atoms with Gasteiger partial charge in [0.05, 0.1) is 10.0 Å². The molecule has 2 rings (SSSR count). The first kappa shape index (κ1) is 18.2. The summed E-state index contributed by atoms with van der Waals surface area (Å²) < 4.78 is 19.0. The minimum atomic E-state index is -0.497. The molecule has 2 N–H and O–H groups in total. The Morgan fingerprint density at radius 3 is 2.61 bits per heavy atom. The number of hydrogen-bond donors (Lipinski definition) is 2. The molecule has 1 aliphatic carbocycles. The lowest BCUT2D eigenvalue weighted by atomic mass is 9.76. The third-order valence-corrected chi connectivity index (χ3v) is 4.46. The lowest BCUT2D eigenvalue weighted by Gasteiger charge is -2.42. The fraction of sp³-hybridized carbons (Fsp3) is 0.588. The first-order chi connectivity index (χ1) is 10.7. The molecular weight excluding hydrogens is 363 g/mol. The molecule has 1 aliphatic rings. The van der Waals surface area contributed by atoms with Crippen molar-refractivity contribution in [2.45, 2.75) is 57.7 Å². The van der Waals surface area contributed by atoms with E-state index in [2.05, 4.69) is 26.6 Å². The summed E-state index contributed by atoms with van der Waals surface area (Å²) in [5, 5.41) is 6.35. The number of ether oxygens (including phenoxy) is 1. The van der Waals surface area contributed by atoms with Crippen LogP contribution in [0.5, 0.6) is 0 Å².